The smallest absolute Gasteiger partial charge is 0.251 e. The third kappa shape index (κ3) is 4.02. The van der Waals surface area contributed by atoms with Gasteiger partial charge in [0.1, 0.15) is 0 Å². The van der Waals surface area contributed by atoms with Crippen LogP contribution in [0.1, 0.15) is 27.8 Å². The van der Waals surface area contributed by atoms with E-state index < -0.39 is 0 Å². The maximum Gasteiger partial charge on any atom is 0.251 e. The number of nitro groups is 1. The molecular weight excluding hydrogens is 262 g/mol. The van der Waals surface area contributed by atoms with Crippen LogP contribution in [0.5, 0.6) is 0 Å². The minimum atomic E-state index is -0.290. The van der Waals surface area contributed by atoms with Crippen molar-refractivity contribution >= 4 is 6.08 Å². The summed E-state index contributed by atoms with van der Waals surface area (Å²) in [6.45, 7) is 5.98. The monoisotopic (exact) mass is 281 g/mol. The van der Waals surface area contributed by atoms with Gasteiger partial charge >= 0.3 is 0 Å². The molecule has 0 bridgehead atoms. The van der Waals surface area contributed by atoms with Crippen LogP contribution >= 0.6 is 0 Å². The first kappa shape index (κ1) is 15.0. The molecule has 0 radical (unpaired) electrons. The number of hydrogen-bond donors (Lipinski definition) is 0. The lowest BCUT2D eigenvalue weighted by molar-refractivity contribution is -0.425. The van der Waals surface area contributed by atoms with Crippen LogP contribution < -0.4 is 0 Å². The van der Waals surface area contributed by atoms with E-state index in [1.165, 1.54) is 0 Å². The molecule has 0 aliphatic carbocycles. The number of aryl methyl sites for hydroxylation is 3. The van der Waals surface area contributed by atoms with Gasteiger partial charge in [-0.25, -0.2) is 0 Å². The Balaban J connectivity index is 2.33. The second kappa shape index (κ2) is 6.35. The van der Waals surface area contributed by atoms with E-state index in [-0.39, 0.29) is 10.6 Å². The van der Waals surface area contributed by atoms with Crippen molar-refractivity contribution in [3.63, 3.8) is 0 Å². The molecule has 0 saturated carbocycles. The van der Waals surface area contributed by atoms with Crippen molar-refractivity contribution in [2.45, 2.75) is 27.2 Å². The van der Waals surface area contributed by atoms with Crippen molar-refractivity contribution in [1.29, 1.82) is 0 Å². The highest BCUT2D eigenvalue weighted by Gasteiger charge is 2.13. The van der Waals surface area contributed by atoms with Crippen molar-refractivity contribution < 1.29 is 4.92 Å². The summed E-state index contributed by atoms with van der Waals surface area (Å²) < 4.78 is 0. The minimum absolute atomic E-state index is 0.215. The average Bonchev–Trinajstić information content (AvgIpc) is 2.44. The van der Waals surface area contributed by atoms with Crippen molar-refractivity contribution in [2.75, 3.05) is 0 Å². The van der Waals surface area contributed by atoms with Gasteiger partial charge in [-0.2, -0.15) is 0 Å². The molecular formula is C18H19NO2. The van der Waals surface area contributed by atoms with Gasteiger partial charge in [0.2, 0.25) is 0 Å². The lowest BCUT2D eigenvalue weighted by Crippen LogP contribution is -2.04. The molecule has 2 rings (SSSR count). The molecule has 0 atom stereocenters. The molecule has 0 aromatic heterocycles. The molecule has 0 fully saturated rings. The third-order valence-electron chi connectivity index (χ3n) is 3.52. The van der Waals surface area contributed by atoms with Crippen LogP contribution in [0.25, 0.3) is 6.08 Å². The van der Waals surface area contributed by atoms with Crippen molar-refractivity contribution in [3.05, 3.63) is 86.1 Å². The van der Waals surface area contributed by atoms with Crippen LogP contribution in [0, 0.1) is 30.9 Å². The van der Waals surface area contributed by atoms with E-state index in [0.717, 1.165) is 27.8 Å². The SMILES string of the molecule is Cc1ccc(/C=C(\Cc2cc(C)ccc2C)[N+](=O)[O-])cc1. The van der Waals surface area contributed by atoms with Gasteiger partial charge < -0.3 is 0 Å². The number of nitrogens with zero attached hydrogens (tertiary/aromatic N) is 1. The van der Waals surface area contributed by atoms with Gasteiger partial charge in [0, 0.05) is 6.08 Å². The molecule has 0 unspecified atom stereocenters. The molecule has 2 aromatic rings. The van der Waals surface area contributed by atoms with Gasteiger partial charge in [-0.15, -0.1) is 0 Å². The quantitative estimate of drug-likeness (QED) is 0.613. The first-order valence-corrected chi connectivity index (χ1v) is 6.93. The summed E-state index contributed by atoms with van der Waals surface area (Å²) in [6, 6.07) is 13.8. The average molecular weight is 281 g/mol. The summed E-state index contributed by atoms with van der Waals surface area (Å²) in [4.78, 5) is 11.0. The minimum Gasteiger partial charge on any atom is -0.259 e. The Morgan fingerprint density at radius 3 is 2.29 bits per heavy atom. The van der Waals surface area contributed by atoms with E-state index in [4.69, 9.17) is 0 Å². The standard InChI is InChI=1S/C18H19NO2/c1-13-5-8-16(9-6-13)11-18(19(20)21)12-17-10-14(2)4-7-15(17)3/h4-11H,12H2,1-3H3/b18-11+. The zero-order valence-electron chi connectivity index (χ0n) is 12.6. The Hall–Kier alpha value is -2.42. The van der Waals surface area contributed by atoms with E-state index in [1.54, 1.807) is 6.08 Å². The Labute approximate surface area is 125 Å². The van der Waals surface area contributed by atoms with Crippen LogP contribution in [0.15, 0.2) is 48.2 Å². The van der Waals surface area contributed by atoms with E-state index in [1.807, 2.05) is 63.2 Å². The van der Waals surface area contributed by atoms with Crippen molar-refractivity contribution in [3.8, 4) is 0 Å². The normalized spacial score (nSPS) is 11.5. The molecule has 0 saturated heterocycles. The summed E-state index contributed by atoms with van der Waals surface area (Å²) in [7, 11) is 0. The summed E-state index contributed by atoms with van der Waals surface area (Å²) in [6.07, 6.45) is 2.00. The molecule has 0 amide bonds. The number of rotatable bonds is 4. The highest BCUT2D eigenvalue weighted by Crippen LogP contribution is 2.18. The van der Waals surface area contributed by atoms with Crippen LogP contribution in [0.4, 0.5) is 0 Å². The largest absolute Gasteiger partial charge is 0.259 e. The maximum atomic E-state index is 11.3. The summed E-state index contributed by atoms with van der Waals surface area (Å²) >= 11 is 0. The second-order valence-corrected chi connectivity index (χ2v) is 5.41. The van der Waals surface area contributed by atoms with Gasteiger partial charge in [-0.3, -0.25) is 10.1 Å². The molecule has 0 aliphatic heterocycles. The third-order valence-corrected chi connectivity index (χ3v) is 3.52. The zero-order chi connectivity index (χ0) is 15.4. The highest BCUT2D eigenvalue weighted by atomic mass is 16.6. The van der Waals surface area contributed by atoms with E-state index in [9.17, 15) is 10.1 Å². The molecule has 108 valence electrons. The summed E-state index contributed by atoms with van der Waals surface area (Å²) in [5, 5.41) is 11.3. The van der Waals surface area contributed by atoms with Gasteiger partial charge in [-0.05, 0) is 37.5 Å². The first-order chi connectivity index (χ1) is 9.95. The van der Waals surface area contributed by atoms with Crippen molar-refractivity contribution in [2.24, 2.45) is 0 Å². The number of hydrogen-bond acceptors (Lipinski definition) is 2. The Bertz CT molecular complexity index is 685. The van der Waals surface area contributed by atoms with Crippen LogP contribution in [0.2, 0.25) is 0 Å². The molecule has 0 aliphatic rings. The summed E-state index contributed by atoms with van der Waals surface area (Å²) in [5.74, 6) is 0. The first-order valence-electron chi connectivity index (χ1n) is 6.93. The highest BCUT2D eigenvalue weighted by molar-refractivity contribution is 5.52. The molecule has 3 nitrogen and oxygen atoms in total. The zero-order valence-corrected chi connectivity index (χ0v) is 12.6. The Kier molecular flexibility index (Phi) is 4.53. The Morgan fingerprint density at radius 2 is 1.67 bits per heavy atom. The lowest BCUT2D eigenvalue weighted by atomic mass is 10.0. The fourth-order valence-electron chi connectivity index (χ4n) is 2.21. The van der Waals surface area contributed by atoms with E-state index >= 15 is 0 Å². The van der Waals surface area contributed by atoms with Gasteiger partial charge in [0.25, 0.3) is 5.70 Å². The van der Waals surface area contributed by atoms with Crippen LogP contribution in [0.3, 0.4) is 0 Å². The Morgan fingerprint density at radius 1 is 1.05 bits per heavy atom. The topological polar surface area (TPSA) is 43.1 Å². The molecule has 0 heterocycles. The van der Waals surface area contributed by atoms with E-state index in [2.05, 4.69) is 0 Å². The predicted molar refractivity (Wildman–Crippen MR) is 85.8 cm³/mol. The van der Waals surface area contributed by atoms with Crippen molar-refractivity contribution in [1.82, 2.24) is 0 Å². The molecule has 3 heteroatoms. The fraction of sp³-hybridized carbons (Fsp3) is 0.222. The second-order valence-electron chi connectivity index (χ2n) is 5.41. The molecule has 2 aromatic carbocycles. The van der Waals surface area contributed by atoms with Crippen LogP contribution in [-0.4, -0.2) is 4.92 Å². The maximum absolute atomic E-state index is 11.3. The van der Waals surface area contributed by atoms with Crippen LogP contribution in [-0.2, 0) is 6.42 Å². The number of benzene rings is 2. The van der Waals surface area contributed by atoms with Gasteiger partial charge in [0.15, 0.2) is 0 Å². The molecule has 0 spiro atoms. The molecule has 0 N–H and O–H groups in total. The predicted octanol–water partition coefficient (Wildman–Crippen LogP) is 4.47. The number of allylic oxidation sites excluding steroid dienone is 1. The lowest BCUT2D eigenvalue weighted by Gasteiger charge is -2.06. The molecule has 21 heavy (non-hydrogen) atoms. The fourth-order valence-corrected chi connectivity index (χ4v) is 2.21. The summed E-state index contributed by atoms with van der Waals surface area (Å²) in [5.41, 5.74) is 5.42. The van der Waals surface area contributed by atoms with Gasteiger partial charge in [0.05, 0.1) is 11.3 Å². The van der Waals surface area contributed by atoms with Gasteiger partial charge in [-0.1, -0.05) is 53.6 Å². The van der Waals surface area contributed by atoms with E-state index in [0.29, 0.717) is 6.42 Å².